The second-order valence-corrected chi connectivity index (χ2v) is 7.83. The van der Waals surface area contributed by atoms with Gasteiger partial charge in [0.15, 0.2) is 11.0 Å². The number of aliphatic hydroxyl groups excluding tert-OH is 1. The van der Waals surface area contributed by atoms with Gasteiger partial charge in [-0.05, 0) is 35.7 Å². The Morgan fingerprint density at radius 1 is 1.00 bits per heavy atom. The zero-order chi connectivity index (χ0) is 20.9. The van der Waals surface area contributed by atoms with E-state index in [0.29, 0.717) is 5.75 Å². The Kier molecular flexibility index (Phi) is 6.21. The van der Waals surface area contributed by atoms with E-state index in [0.717, 1.165) is 38.8 Å². The van der Waals surface area contributed by atoms with E-state index in [1.165, 1.54) is 11.8 Å². The highest BCUT2D eigenvalue weighted by atomic mass is 32.2. The van der Waals surface area contributed by atoms with E-state index < -0.39 is 6.10 Å². The maximum Gasteiger partial charge on any atom is 0.191 e. The lowest BCUT2D eigenvalue weighted by molar-refractivity contribution is 0.127. The molecule has 7 heteroatoms. The summed E-state index contributed by atoms with van der Waals surface area (Å²) in [5.41, 5.74) is 0.956. The molecule has 1 atom stereocenters. The van der Waals surface area contributed by atoms with Crippen LogP contribution < -0.4 is 9.47 Å². The van der Waals surface area contributed by atoms with E-state index >= 15 is 0 Å². The summed E-state index contributed by atoms with van der Waals surface area (Å²) in [6.45, 7) is 0.212. The van der Waals surface area contributed by atoms with Crippen LogP contribution in [0.1, 0.15) is 0 Å². The number of aromatic nitrogens is 3. The standard InChI is InChI=1S/C23H23N3O3S/c1-26-22(17-10-12-19(28-2)13-11-17)24-25-23(26)30-15-18(27)14-29-21-9-5-7-16-6-3-4-8-20(16)21/h3-13,18,27H,14-15H2,1-2H3/t18-/m1/s1. The van der Waals surface area contributed by atoms with Crippen LogP contribution >= 0.6 is 11.8 Å². The van der Waals surface area contributed by atoms with Crippen LogP contribution in [0.25, 0.3) is 22.2 Å². The van der Waals surface area contributed by atoms with E-state index in [2.05, 4.69) is 10.2 Å². The molecule has 0 aliphatic rings. The Hall–Kier alpha value is -3.03. The molecule has 0 aliphatic carbocycles. The van der Waals surface area contributed by atoms with Crippen molar-refractivity contribution in [3.63, 3.8) is 0 Å². The molecule has 0 radical (unpaired) electrons. The molecule has 0 saturated carbocycles. The molecule has 0 spiro atoms. The number of fused-ring (bicyclic) bond motifs is 1. The molecule has 0 unspecified atom stereocenters. The summed E-state index contributed by atoms with van der Waals surface area (Å²) in [6, 6.07) is 21.7. The fourth-order valence-electron chi connectivity index (χ4n) is 3.16. The van der Waals surface area contributed by atoms with Gasteiger partial charge >= 0.3 is 0 Å². The fourth-order valence-corrected chi connectivity index (χ4v) is 3.97. The van der Waals surface area contributed by atoms with Gasteiger partial charge in [0.1, 0.15) is 18.1 Å². The zero-order valence-electron chi connectivity index (χ0n) is 16.9. The van der Waals surface area contributed by atoms with Crippen molar-refractivity contribution in [2.45, 2.75) is 11.3 Å². The Labute approximate surface area is 179 Å². The molecule has 0 amide bonds. The lowest BCUT2D eigenvalue weighted by Gasteiger charge is -2.13. The second kappa shape index (κ2) is 9.19. The predicted octanol–water partition coefficient (Wildman–Crippen LogP) is 4.18. The molecule has 154 valence electrons. The van der Waals surface area contributed by atoms with E-state index in [1.54, 1.807) is 7.11 Å². The molecule has 1 aromatic heterocycles. The molecule has 0 aliphatic heterocycles. The Morgan fingerprint density at radius 2 is 1.77 bits per heavy atom. The number of hydrogen-bond acceptors (Lipinski definition) is 6. The first kappa shape index (κ1) is 20.3. The minimum atomic E-state index is -0.630. The minimum Gasteiger partial charge on any atom is -0.497 e. The van der Waals surface area contributed by atoms with Crippen molar-refractivity contribution in [1.82, 2.24) is 14.8 Å². The lowest BCUT2D eigenvalue weighted by atomic mass is 10.1. The van der Waals surface area contributed by atoms with E-state index in [-0.39, 0.29) is 6.61 Å². The van der Waals surface area contributed by atoms with E-state index in [4.69, 9.17) is 9.47 Å². The van der Waals surface area contributed by atoms with Gasteiger partial charge in [-0.1, -0.05) is 48.2 Å². The molecule has 4 aromatic rings. The highest BCUT2D eigenvalue weighted by molar-refractivity contribution is 7.99. The Morgan fingerprint density at radius 3 is 2.57 bits per heavy atom. The molecular weight excluding hydrogens is 398 g/mol. The van der Waals surface area contributed by atoms with Crippen LogP contribution in [0.3, 0.4) is 0 Å². The van der Waals surface area contributed by atoms with Crippen LogP contribution in [-0.2, 0) is 7.05 Å². The molecule has 30 heavy (non-hydrogen) atoms. The average Bonchev–Trinajstić information content (AvgIpc) is 3.16. The fraction of sp³-hybridized carbons (Fsp3) is 0.217. The largest absolute Gasteiger partial charge is 0.497 e. The summed E-state index contributed by atoms with van der Waals surface area (Å²) in [5, 5.41) is 21.8. The summed E-state index contributed by atoms with van der Waals surface area (Å²) in [6.07, 6.45) is -0.630. The lowest BCUT2D eigenvalue weighted by Crippen LogP contribution is -2.20. The third-order valence-corrected chi connectivity index (χ3v) is 5.93. The number of rotatable bonds is 8. The number of nitrogens with zero attached hydrogens (tertiary/aromatic N) is 3. The molecular formula is C23H23N3O3S. The number of aliphatic hydroxyl groups is 1. The summed E-state index contributed by atoms with van der Waals surface area (Å²) < 4.78 is 13.0. The summed E-state index contributed by atoms with van der Waals surface area (Å²) >= 11 is 1.45. The van der Waals surface area contributed by atoms with Crippen molar-refractivity contribution in [3.8, 4) is 22.9 Å². The molecule has 0 fully saturated rings. The SMILES string of the molecule is COc1ccc(-c2nnc(SC[C@H](O)COc3cccc4ccccc34)n2C)cc1. The van der Waals surface area contributed by atoms with Crippen molar-refractivity contribution < 1.29 is 14.6 Å². The first-order valence-corrected chi connectivity index (χ1v) is 10.6. The first-order chi connectivity index (χ1) is 14.7. The minimum absolute atomic E-state index is 0.212. The van der Waals surface area contributed by atoms with E-state index in [1.807, 2.05) is 78.3 Å². The summed E-state index contributed by atoms with van der Waals surface area (Å²) in [5.74, 6) is 2.79. The van der Waals surface area contributed by atoms with Gasteiger partial charge in [0.25, 0.3) is 0 Å². The Bertz CT molecular complexity index is 1120. The molecule has 3 aromatic carbocycles. The number of benzene rings is 3. The van der Waals surface area contributed by atoms with Gasteiger partial charge < -0.3 is 19.1 Å². The highest BCUT2D eigenvalue weighted by Gasteiger charge is 2.14. The quantitative estimate of drug-likeness (QED) is 0.431. The third-order valence-electron chi connectivity index (χ3n) is 4.77. The van der Waals surface area contributed by atoms with Crippen LogP contribution in [0.2, 0.25) is 0 Å². The number of methoxy groups -OCH3 is 1. The van der Waals surface area contributed by atoms with Crippen molar-refractivity contribution in [3.05, 3.63) is 66.7 Å². The summed E-state index contributed by atoms with van der Waals surface area (Å²) in [7, 11) is 3.56. The summed E-state index contributed by atoms with van der Waals surface area (Å²) in [4.78, 5) is 0. The molecule has 6 nitrogen and oxygen atoms in total. The first-order valence-electron chi connectivity index (χ1n) is 9.61. The molecule has 4 rings (SSSR count). The second-order valence-electron chi connectivity index (χ2n) is 6.85. The monoisotopic (exact) mass is 421 g/mol. The van der Waals surface area contributed by atoms with Crippen LogP contribution in [0.4, 0.5) is 0 Å². The maximum atomic E-state index is 10.4. The molecule has 1 heterocycles. The maximum absolute atomic E-state index is 10.4. The van der Waals surface area contributed by atoms with Crippen LogP contribution in [-0.4, -0.2) is 45.4 Å². The van der Waals surface area contributed by atoms with Gasteiger partial charge in [0, 0.05) is 23.8 Å². The van der Waals surface area contributed by atoms with Gasteiger partial charge in [0.05, 0.1) is 13.2 Å². The van der Waals surface area contributed by atoms with Gasteiger partial charge in [-0.15, -0.1) is 10.2 Å². The smallest absolute Gasteiger partial charge is 0.191 e. The highest BCUT2D eigenvalue weighted by Crippen LogP contribution is 2.27. The zero-order valence-corrected chi connectivity index (χ0v) is 17.7. The van der Waals surface area contributed by atoms with Crippen molar-refractivity contribution in [2.24, 2.45) is 7.05 Å². The van der Waals surface area contributed by atoms with Crippen molar-refractivity contribution >= 4 is 22.5 Å². The molecule has 0 bridgehead atoms. The Balaban J connectivity index is 1.36. The van der Waals surface area contributed by atoms with Gasteiger partial charge in [-0.25, -0.2) is 0 Å². The van der Waals surface area contributed by atoms with Crippen molar-refractivity contribution in [1.29, 1.82) is 0 Å². The number of hydrogen-bond donors (Lipinski definition) is 1. The molecule has 1 N–H and O–H groups in total. The van der Waals surface area contributed by atoms with Crippen LogP contribution in [0.15, 0.2) is 71.9 Å². The van der Waals surface area contributed by atoms with Crippen molar-refractivity contribution in [2.75, 3.05) is 19.5 Å². The normalized spacial score (nSPS) is 12.1. The van der Waals surface area contributed by atoms with Gasteiger partial charge in [0.2, 0.25) is 0 Å². The average molecular weight is 422 g/mol. The van der Waals surface area contributed by atoms with Gasteiger partial charge in [-0.3, -0.25) is 0 Å². The van der Waals surface area contributed by atoms with Crippen LogP contribution in [0.5, 0.6) is 11.5 Å². The number of ether oxygens (including phenoxy) is 2. The number of thioether (sulfide) groups is 1. The van der Waals surface area contributed by atoms with Crippen LogP contribution in [0, 0.1) is 0 Å². The van der Waals surface area contributed by atoms with E-state index in [9.17, 15) is 5.11 Å². The predicted molar refractivity (Wildman–Crippen MR) is 119 cm³/mol. The topological polar surface area (TPSA) is 69.4 Å². The third kappa shape index (κ3) is 4.42. The van der Waals surface area contributed by atoms with Gasteiger partial charge in [-0.2, -0.15) is 0 Å². The molecule has 0 saturated heterocycles.